The first-order valence-electron chi connectivity index (χ1n) is 12.2. The Morgan fingerprint density at radius 1 is 0.943 bits per heavy atom. The van der Waals surface area contributed by atoms with E-state index in [4.69, 9.17) is 9.47 Å². The number of nitrogens with zero attached hydrogens (tertiary/aromatic N) is 5. The summed E-state index contributed by atoms with van der Waals surface area (Å²) in [6.45, 7) is 8.05. The number of piperazine rings is 1. The normalized spacial score (nSPS) is 16.9. The number of rotatable bonds is 7. The number of ether oxygens (including phenoxy) is 2. The van der Waals surface area contributed by atoms with Gasteiger partial charge in [-0.25, -0.2) is 0 Å². The second kappa shape index (κ2) is 10.9. The van der Waals surface area contributed by atoms with E-state index in [9.17, 15) is 4.79 Å². The summed E-state index contributed by atoms with van der Waals surface area (Å²) >= 11 is 0. The molecule has 1 aromatic heterocycles. The maximum Gasteiger partial charge on any atom is 0.272 e. The van der Waals surface area contributed by atoms with Gasteiger partial charge < -0.3 is 24.6 Å². The fraction of sp³-hybridized carbons (Fsp3) is 0.423. The minimum Gasteiger partial charge on any atom is -0.497 e. The molecule has 0 atom stereocenters. The third-order valence-electron chi connectivity index (χ3n) is 6.70. The molecule has 0 bridgehead atoms. The Morgan fingerprint density at radius 3 is 2.46 bits per heavy atom. The molecule has 2 aliphatic heterocycles. The Labute approximate surface area is 205 Å². The number of carbonyl (C=O) groups is 1. The van der Waals surface area contributed by atoms with Gasteiger partial charge in [0.15, 0.2) is 11.5 Å². The number of carbonyl (C=O) groups excluding carboxylic acids is 1. The number of hydrogen-bond donors (Lipinski definition) is 1. The Morgan fingerprint density at radius 2 is 1.69 bits per heavy atom. The van der Waals surface area contributed by atoms with Crippen LogP contribution in [0, 0.1) is 0 Å². The molecular weight excluding hydrogens is 444 g/mol. The van der Waals surface area contributed by atoms with Crippen molar-refractivity contribution in [3.05, 3.63) is 54.2 Å². The van der Waals surface area contributed by atoms with E-state index in [2.05, 4.69) is 42.3 Å². The lowest BCUT2D eigenvalue weighted by atomic mass is 10.1. The number of benzene rings is 2. The quantitative estimate of drug-likeness (QED) is 0.555. The molecule has 2 fully saturated rings. The fourth-order valence-electron chi connectivity index (χ4n) is 4.71. The summed E-state index contributed by atoms with van der Waals surface area (Å²) < 4.78 is 10.8. The van der Waals surface area contributed by atoms with Crippen molar-refractivity contribution in [3.63, 3.8) is 0 Å². The molecule has 2 aliphatic rings. The van der Waals surface area contributed by atoms with E-state index >= 15 is 0 Å². The fourth-order valence-corrected chi connectivity index (χ4v) is 4.71. The Hall–Kier alpha value is -3.43. The lowest BCUT2D eigenvalue weighted by molar-refractivity contribution is 0.0383. The smallest absolute Gasteiger partial charge is 0.272 e. The van der Waals surface area contributed by atoms with E-state index in [0.29, 0.717) is 12.2 Å². The topological polar surface area (TPSA) is 83.1 Å². The number of anilines is 2. The molecule has 0 radical (unpaired) electrons. The monoisotopic (exact) mass is 476 g/mol. The van der Waals surface area contributed by atoms with Gasteiger partial charge in [-0.1, -0.05) is 30.3 Å². The van der Waals surface area contributed by atoms with Gasteiger partial charge in [-0.15, -0.1) is 10.2 Å². The van der Waals surface area contributed by atoms with E-state index < -0.39 is 0 Å². The first-order chi connectivity index (χ1) is 17.2. The lowest BCUT2D eigenvalue weighted by Gasteiger charge is -2.37. The lowest BCUT2D eigenvalue weighted by Crippen LogP contribution is -2.47. The highest BCUT2D eigenvalue weighted by molar-refractivity contribution is 6.07. The summed E-state index contributed by atoms with van der Waals surface area (Å²) in [5.74, 6) is 1.51. The van der Waals surface area contributed by atoms with Crippen molar-refractivity contribution in [2.24, 2.45) is 0 Å². The van der Waals surface area contributed by atoms with Crippen LogP contribution in [0.4, 0.5) is 11.5 Å². The number of fused-ring (bicyclic) bond motifs is 1. The molecule has 0 spiro atoms. The zero-order chi connectivity index (χ0) is 24.0. The molecule has 0 aliphatic carbocycles. The molecule has 2 saturated heterocycles. The Kier molecular flexibility index (Phi) is 7.25. The average molecular weight is 477 g/mol. The van der Waals surface area contributed by atoms with Gasteiger partial charge in [0, 0.05) is 74.9 Å². The summed E-state index contributed by atoms with van der Waals surface area (Å²) in [6.07, 6.45) is 0. The van der Waals surface area contributed by atoms with Crippen molar-refractivity contribution in [1.29, 1.82) is 0 Å². The maximum absolute atomic E-state index is 13.0. The van der Waals surface area contributed by atoms with Gasteiger partial charge in [0.25, 0.3) is 5.91 Å². The minimum atomic E-state index is -0.184. The third-order valence-corrected chi connectivity index (χ3v) is 6.70. The summed E-state index contributed by atoms with van der Waals surface area (Å²) in [5, 5.41) is 13.7. The highest BCUT2D eigenvalue weighted by atomic mass is 16.5. The predicted octanol–water partition coefficient (Wildman–Crippen LogP) is 2.03. The third kappa shape index (κ3) is 5.31. The van der Waals surface area contributed by atoms with E-state index in [1.165, 1.54) is 0 Å². The van der Waals surface area contributed by atoms with E-state index in [-0.39, 0.29) is 5.91 Å². The molecule has 35 heavy (non-hydrogen) atoms. The molecule has 9 nitrogen and oxygen atoms in total. The summed E-state index contributed by atoms with van der Waals surface area (Å²) in [6, 6.07) is 16.1. The van der Waals surface area contributed by atoms with Crippen LogP contribution in [0.3, 0.4) is 0 Å². The van der Waals surface area contributed by atoms with Gasteiger partial charge in [-0.05, 0) is 12.1 Å². The van der Waals surface area contributed by atoms with Crippen molar-refractivity contribution in [2.45, 2.75) is 0 Å². The van der Waals surface area contributed by atoms with Crippen molar-refractivity contribution in [2.75, 3.05) is 82.5 Å². The molecule has 3 heterocycles. The predicted molar refractivity (Wildman–Crippen MR) is 137 cm³/mol. The molecule has 0 unspecified atom stereocenters. The second-order valence-electron chi connectivity index (χ2n) is 8.80. The largest absolute Gasteiger partial charge is 0.497 e. The minimum absolute atomic E-state index is 0.184. The zero-order valence-electron chi connectivity index (χ0n) is 20.2. The number of amides is 1. The summed E-state index contributed by atoms with van der Waals surface area (Å²) in [5.41, 5.74) is 1.53. The van der Waals surface area contributed by atoms with Crippen LogP contribution in [0.2, 0.25) is 0 Å². The zero-order valence-corrected chi connectivity index (χ0v) is 20.2. The molecule has 1 N–H and O–H groups in total. The van der Waals surface area contributed by atoms with Crippen molar-refractivity contribution < 1.29 is 14.3 Å². The number of methoxy groups -OCH3 is 1. The van der Waals surface area contributed by atoms with Gasteiger partial charge >= 0.3 is 0 Å². The van der Waals surface area contributed by atoms with Gasteiger partial charge in [-0.2, -0.15) is 0 Å². The molecule has 9 heteroatoms. The highest BCUT2D eigenvalue weighted by Crippen LogP contribution is 2.28. The highest BCUT2D eigenvalue weighted by Gasteiger charge is 2.23. The van der Waals surface area contributed by atoms with Crippen molar-refractivity contribution >= 4 is 28.2 Å². The molecule has 184 valence electrons. The van der Waals surface area contributed by atoms with Crippen LogP contribution in [-0.2, 0) is 4.74 Å². The maximum atomic E-state index is 13.0. The van der Waals surface area contributed by atoms with Crippen molar-refractivity contribution in [3.8, 4) is 5.75 Å². The molecule has 5 rings (SSSR count). The Balaban J connectivity index is 1.27. The van der Waals surface area contributed by atoms with Crippen LogP contribution in [-0.4, -0.2) is 93.7 Å². The number of hydrogen-bond acceptors (Lipinski definition) is 8. The standard InChI is InChI=1S/C26H32N6O3/c1-34-21-6-4-5-20(19-21)31-11-13-32(14-12-31)25-23-8-3-2-7-22(23)24(28-29-25)26(33)27-9-10-30-15-17-35-18-16-30/h2-8,19H,9-18H2,1H3,(H,27,33). The SMILES string of the molecule is COc1cccc(N2CCN(c3nnc(C(=O)NCCN4CCOCC4)c4ccccc34)CC2)c1. The summed E-state index contributed by atoms with van der Waals surface area (Å²) in [4.78, 5) is 19.9. The van der Waals surface area contributed by atoms with Crippen molar-refractivity contribution in [1.82, 2.24) is 20.4 Å². The van der Waals surface area contributed by atoms with Crippen LogP contribution < -0.4 is 19.9 Å². The van der Waals surface area contributed by atoms with Gasteiger partial charge in [-0.3, -0.25) is 9.69 Å². The van der Waals surface area contributed by atoms with Crippen LogP contribution in [0.25, 0.3) is 10.8 Å². The summed E-state index contributed by atoms with van der Waals surface area (Å²) in [7, 11) is 1.69. The first-order valence-corrected chi connectivity index (χ1v) is 12.2. The second-order valence-corrected chi connectivity index (χ2v) is 8.80. The number of nitrogens with one attached hydrogen (secondary N) is 1. The molecule has 3 aromatic rings. The molecule has 0 saturated carbocycles. The van der Waals surface area contributed by atoms with E-state index in [0.717, 1.165) is 87.1 Å². The van der Waals surface area contributed by atoms with E-state index in [1.54, 1.807) is 7.11 Å². The van der Waals surface area contributed by atoms with Crippen LogP contribution in [0.5, 0.6) is 5.75 Å². The van der Waals surface area contributed by atoms with Crippen LogP contribution in [0.15, 0.2) is 48.5 Å². The Bertz CT molecular complexity index is 1160. The number of morpholine rings is 1. The molecule has 2 aromatic carbocycles. The first kappa shape index (κ1) is 23.3. The average Bonchev–Trinajstić information content (AvgIpc) is 2.93. The van der Waals surface area contributed by atoms with Gasteiger partial charge in [0.05, 0.1) is 20.3 Å². The van der Waals surface area contributed by atoms with Crippen LogP contribution in [0.1, 0.15) is 10.5 Å². The number of aromatic nitrogens is 2. The van der Waals surface area contributed by atoms with Crippen LogP contribution >= 0.6 is 0 Å². The molecule has 1 amide bonds. The van der Waals surface area contributed by atoms with E-state index in [1.807, 2.05) is 36.4 Å². The molecular formula is C26H32N6O3. The van der Waals surface area contributed by atoms with Gasteiger partial charge in [0.2, 0.25) is 0 Å². The van der Waals surface area contributed by atoms with Gasteiger partial charge in [0.1, 0.15) is 5.75 Å².